The molecule has 1 saturated carbocycles. The minimum atomic E-state index is -0.978. The van der Waals surface area contributed by atoms with Crippen LogP contribution in [0.15, 0.2) is 0 Å². The maximum atomic E-state index is 12.6. The van der Waals surface area contributed by atoms with E-state index in [0.717, 1.165) is 12.8 Å². The van der Waals surface area contributed by atoms with Gasteiger partial charge in [-0.25, -0.2) is 4.79 Å². The number of amides is 1. The van der Waals surface area contributed by atoms with Crippen molar-refractivity contribution < 1.29 is 19.4 Å². The van der Waals surface area contributed by atoms with E-state index in [2.05, 4.69) is 5.32 Å². The summed E-state index contributed by atoms with van der Waals surface area (Å²) in [5, 5.41) is 12.6. The van der Waals surface area contributed by atoms with Gasteiger partial charge in [0, 0.05) is 12.6 Å². The molecule has 4 unspecified atom stereocenters. The van der Waals surface area contributed by atoms with Crippen molar-refractivity contribution in [3.05, 3.63) is 0 Å². The molecule has 6 nitrogen and oxygen atoms in total. The number of carbonyl (C=O) groups excluding carboxylic acids is 1. The van der Waals surface area contributed by atoms with Crippen LogP contribution in [0.4, 0.5) is 0 Å². The zero-order valence-corrected chi connectivity index (χ0v) is 11.6. The van der Waals surface area contributed by atoms with Crippen molar-refractivity contribution in [2.75, 3.05) is 19.8 Å². The van der Waals surface area contributed by atoms with Crippen LogP contribution >= 0.6 is 0 Å². The summed E-state index contributed by atoms with van der Waals surface area (Å²) in [5.74, 6) is -0.453. The Balaban J connectivity index is 1.67. The first-order valence-electron chi connectivity index (χ1n) is 7.54. The maximum Gasteiger partial charge on any atom is 0.328 e. The van der Waals surface area contributed by atoms with Gasteiger partial charge in [0.05, 0.1) is 19.3 Å². The number of nitrogens with one attached hydrogen (secondary N) is 1. The Labute approximate surface area is 118 Å². The average Bonchev–Trinajstić information content (AvgIpc) is 2.90. The smallest absolute Gasteiger partial charge is 0.328 e. The summed E-state index contributed by atoms with van der Waals surface area (Å²) in [6.07, 6.45) is 5.66. The first-order valence-corrected chi connectivity index (χ1v) is 7.54. The number of rotatable bonds is 2. The Hall–Kier alpha value is -1.14. The lowest BCUT2D eigenvalue weighted by atomic mass is 9.85. The van der Waals surface area contributed by atoms with Gasteiger partial charge in [-0.1, -0.05) is 12.8 Å². The minimum absolute atomic E-state index is 0.0601. The molecule has 2 saturated heterocycles. The van der Waals surface area contributed by atoms with Crippen LogP contribution in [0.2, 0.25) is 0 Å². The van der Waals surface area contributed by atoms with E-state index in [4.69, 9.17) is 4.74 Å². The molecule has 0 radical (unpaired) electrons. The molecule has 2 heterocycles. The molecule has 112 valence electrons. The van der Waals surface area contributed by atoms with Gasteiger partial charge >= 0.3 is 5.97 Å². The standard InChI is InChI=1S/C14H22N2O4/c17-13(16-5-6-20-8-12(16)14(18)19)11-7-9-3-1-2-4-10(9)15-11/h9-12,15H,1-8H2,(H,18,19). The molecule has 1 amide bonds. The van der Waals surface area contributed by atoms with E-state index in [1.807, 2.05) is 0 Å². The highest BCUT2D eigenvalue weighted by Crippen LogP contribution is 2.34. The number of morpholine rings is 1. The van der Waals surface area contributed by atoms with Gasteiger partial charge in [-0.3, -0.25) is 4.79 Å². The molecule has 2 N–H and O–H groups in total. The summed E-state index contributed by atoms with van der Waals surface area (Å²) in [7, 11) is 0. The van der Waals surface area contributed by atoms with Crippen LogP contribution in [-0.2, 0) is 14.3 Å². The molecule has 3 rings (SSSR count). The van der Waals surface area contributed by atoms with E-state index >= 15 is 0 Å². The van der Waals surface area contributed by atoms with Crippen LogP contribution in [-0.4, -0.2) is 59.8 Å². The lowest BCUT2D eigenvalue weighted by molar-refractivity contribution is -0.159. The number of fused-ring (bicyclic) bond motifs is 1. The third-order valence-electron chi connectivity index (χ3n) is 4.86. The normalized spacial score (nSPS) is 37.5. The lowest BCUT2D eigenvalue weighted by Crippen LogP contribution is -2.57. The molecule has 0 bridgehead atoms. The Kier molecular flexibility index (Phi) is 3.94. The molecule has 0 spiro atoms. The molecule has 0 aromatic carbocycles. The summed E-state index contributed by atoms with van der Waals surface area (Å²) >= 11 is 0. The fourth-order valence-electron chi connectivity index (χ4n) is 3.78. The van der Waals surface area contributed by atoms with Crippen molar-refractivity contribution in [1.29, 1.82) is 0 Å². The molecule has 0 aromatic heterocycles. The van der Waals surface area contributed by atoms with Crippen LogP contribution in [0, 0.1) is 5.92 Å². The molecule has 6 heteroatoms. The summed E-state index contributed by atoms with van der Waals surface area (Å²) < 4.78 is 5.19. The van der Waals surface area contributed by atoms with Crippen molar-refractivity contribution in [3.63, 3.8) is 0 Å². The fourth-order valence-corrected chi connectivity index (χ4v) is 3.78. The van der Waals surface area contributed by atoms with Crippen molar-refractivity contribution in [2.24, 2.45) is 5.92 Å². The number of carbonyl (C=O) groups is 2. The van der Waals surface area contributed by atoms with Crippen molar-refractivity contribution in [2.45, 2.75) is 50.2 Å². The van der Waals surface area contributed by atoms with E-state index in [-0.39, 0.29) is 18.6 Å². The second-order valence-corrected chi connectivity index (χ2v) is 6.07. The molecule has 4 atom stereocenters. The Bertz CT molecular complexity index is 387. The maximum absolute atomic E-state index is 12.6. The van der Waals surface area contributed by atoms with E-state index in [1.165, 1.54) is 24.2 Å². The number of ether oxygens (including phenoxy) is 1. The van der Waals surface area contributed by atoms with Gasteiger partial charge < -0.3 is 20.1 Å². The summed E-state index contributed by atoms with van der Waals surface area (Å²) in [6, 6.07) is -0.592. The molecular formula is C14H22N2O4. The highest BCUT2D eigenvalue weighted by atomic mass is 16.5. The van der Waals surface area contributed by atoms with E-state index in [0.29, 0.717) is 25.1 Å². The predicted molar refractivity (Wildman–Crippen MR) is 71.2 cm³/mol. The van der Waals surface area contributed by atoms with Gasteiger partial charge in [0.1, 0.15) is 0 Å². The molecule has 2 aliphatic heterocycles. The van der Waals surface area contributed by atoms with Gasteiger partial charge in [0.25, 0.3) is 0 Å². The van der Waals surface area contributed by atoms with Gasteiger partial charge in [0.2, 0.25) is 5.91 Å². The van der Waals surface area contributed by atoms with Gasteiger partial charge in [-0.15, -0.1) is 0 Å². The zero-order chi connectivity index (χ0) is 14.1. The molecule has 3 fully saturated rings. The van der Waals surface area contributed by atoms with Crippen LogP contribution in [0.3, 0.4) is 0 Å². The van der Waals surface area contributed by atoms with Crippen LogP contribution in [0.1, 0.15) is 32.1 Å². The number of aliphatic carboxylic acids is 1. The fraction of sp³-hybridized carbons (Fsp3) is 0.857. The molecule has 20 heavy (non-hydrogen) atoms. The van der Waals surface area contributed by atoms with Crippen LogP contribution in [0.5, 0.6) is 0 Å². The SMILES string of the molecule is O=C(O)C1COCCN1C(=O)C1CC2CCCCC2N1. The zero-order valence-electron chi connectivity index (χ0n) is 11.6. The highest BCUT2D eigenvalue weighted by Gasteiger charge is 2.42. The number of carboxylic acid groups (broad SMARTS) is 1. The van der Waals surface area contributed by atoms with Crippen molar-refractivity contribution in [3.8, 4) is 0 Å². The van der Waals surface area contributed by atoms with Gasteiger partial charge in [-0.2, -0.15) is 0 Å². The van der Waals surface area contributed by atoms with E-state index < -0.39 is 12.0 Å². The van der Waals surface area contributed by atoms with E-state index in [9.17, 15) is 14.7 Å². The molecule has 1 aliphatic carbocycles. The number of nitrogens with zero attached hydrogens (tertiary/aromatic N) is 1. The Morgan fingerprint density at radius 2 is 2.05 bits per heavy atom. The quantitative estimate of drug-likeness (QED) is 0.757. The topological polar surface area (TPSA) is 78.9 Å². The van der Waals surface area contributed by atoms with E-state index in [1.54, 1.807) is 0 Å². The highest BCUT2D eigenvalue weighted by molar-refractivity contribution is 5.87. The number of carboxylic acids is 1. The summed E-state index contributed by atoms with van der Waals surface area (Å²) in [5.41, 5.74) is 0. The second-order valence-electron chi connectivity index (χ2n) is 6.07. The monoisotopic (exact) mass is 282 g/mol. The van der Waals surface area contributed by atoms with Crippen LogP contribution in [0.25, 0.3) is 0 Å². The molecule has 0 aromatic rings. The average molecular weight is 282 g/mol. The van der Waals surface area contributed by atoms with Crippen LogP contribution < -0.4 is 5.32 Å². The number of hydrogen-bond donors (Lipinski definition) is 2. The number of hydrogen-bond acceptors (Lipinski definition) is 4. The summed E-state index contributed by atoms with van der Waals surface area (Å²) in [6.45, 7) is 0.902. The van der Waals surface area contributed by atoms with Crippen molar-refractivity contribution in [1.82, 2.24) is 10.2 Å². The molecule has 3 aliphatic rings. The Morgan fingerprint density at radius 1 is 1.25 bits per heavy atom. The third-order valence-corrected chi connectivity index (χ3v) is 4.86. The summed E-state index contributed by atoms with van der Waals surface area (Å²) in [4.78, 5) is 25.3. The lowest BCUT2D eigenvalue weighted by Gasteiger charge is -2.34. The van der Waals surface area contributed by atoms with Crippen molar-refractivity contribution >= 4 is 11.9 Å². The van der Waals surface area contributed by atoms with Gasteiger partial charge in [-0.05, 0) is 25.2 Å². The second kappa shape index (κ2) is 5.69. The Morgan fingerprint density at radius 3 is 2.80 bits per heavy atom. The predicted octanol–water partition coefficient (Wildman–Crippen LogP) is 0.219. The first kappa shape index (κ1) is 13.8. The molecular weight excluding hydrogens is 260 g/mol. The third kappa shape index (κ3) is 2.54. The minimum Gasteiger partial charge on any atom is -0.480 e. The first-order chi connectivity index (χ1) is 9.66. The largest absolute Gasteiger partial charge is 0.480 e. The van der Waals surface area contributed by atoms with Gasteiger partial charge in [0.15, 0.2) is 6.04 Å².